The van der Waals surface area contributed by atoms with Crippen LogP contribution in [0.3, 0.4) is 0 Å². The van der Waals surface area contributed by atoms with Crippen molar-refractivity contribution in [2.24, 2.45) is 0 Å². The van der Waals surface area contributed by atoms with Gasteiger partial charge in [-0.25, -0.2) is 18.4 Å². The van der Waals surface area contributed by atoms with Crippen LogP contribution in [-0.2, 0) is 16.4 Å². The number of anilines is 2. The highest BCUT2D eigenvalue weighted by molar-refractivity contribution is 7.89. The monoisotopic (exact) mass is 571 g/mol. The number of aromatic nitrogens is 2. The van der Waals surface area contributed by atoms with Gasteiger partial charge in [0.15, 0.2) is 0 Å². The van der Waals surface area contributed by atoms with E-state index in [0.717, 1.165) is 47.5 Å². The van der Waals surface area contributed by atoms with Crippen molar-refractivity contribution in [3.8, 4) is 0 Å². The van der Waals surface area contributed by atoms with E-state index < -0.39 is 10.0 Å². The number of nitrogens with one attached hydrogen (secondary N) is 1. The molecule has 0 spiro atoms. The first-order valence-electron chi connectivity index (χ1n) is 14.7. The average Bonchev–Trinajstić information content (AvgIpc) is 3.00. The number of nitrogens with zero attached hydrogens (tertiary/aromatic N) is 4. The van der Waals surface area contributed by atoms with E-state index in [2.05, 4.69) is 62.2 Å². The summed E-state index contributed by atoms with van der Waals surface area (Å²) in [6.07, 6.45) is 3.21. The second-order valence-electron chi connectivity index (χ2n) is 11.2. The van der Waals surface area contributed by atoms with Crippen molar-refractivity contribution >= 4 is 32.4 Å². The minimum Gasteiger partial charge on any atom is -0.340 e. The molecular formula is C33H41N5O2S. The first kappa shape index (κ1) is 29.2. The molecule has 2 heterocycles. The Morgan fingerprint density at radius 1 is 0.854 bits per heavy atom. The number of para-hydroxylation sites is 1. The van der Waals surface area contributed by atoms with Crippen molar-refractivity contribution in [1.82, 2.24) is 19.2 Å². The van der Waals surface area contributed by atoms with Crippen molar-refractivity contribution in [1.29, 1.82) is 0 Å². The molecule has 41 heavy (non-hydrogen) atoms. The van der Waals surface area contributed by atoms with Gasteiger partial charge in [0.05, 0.1) is 16.5 Å². The largest absolute Gasteiger partial charge is 0.340 e. The number of aryl methyl sites for hydroxylation is 1. The molecule has 1 N–H and O–H groups in total. The van der Waals surface area contributed by atoms with Gasteiger partial charge in [-0.2, -0.15) is 4.31 Å². The predicted molar refractivity (Wildman–Crippen MR) is 167 cm³/mol. The number of benzene rings is 3. The van der Waals surface area contributed by atoms with Crippen molar-refractivity contribution in [3.63, 3.8) is 0 Å². The number of fused-ring (bicyclic) bond motifs is 1. The van der Waals surface area contributed by atoms with Crippen molar-refractivity contribution in [3.05, 3.63) is 89.7 Å². The van der Waals surface area contributed by atoms with E-state index in [4.69, 9.17) is 9.97 Å². The van der Waals surface area contributed by atoms with Gasteiger partial charge in [-0.1, -0.05) is 63.6 Å². The number of unbranched alkanes of at least 4 members (excludes halogenated alkanes) is 1. The zero-order chi connectivity index (χ0) is 29.0. The van der Waals surface area contributed by atoms with E-state index in [1.165, 1.54) is 11.1 Å². The zero-order valence-corrected chi connectivity index (χ0v) is 25.4. The van der Waals surface area contributed by atoms with E-state index >= 15 is 0 Å². The fourth-order valence-corrected chi connectivity index (χ4v) is 6.74. The van der Waals surface area contributed by atoms with Gasteiger partial charge >= 0.3 is 0 Å². The van der Waals surface area contributed by atoms with Crippen LogP contribution in [-0.4, -0.2) is 53.8 Å². The average molecular weight is 572 g/mol. The lowest BCUT2D eigenvalue weighted by molar-refractivity contribution is 0.141. The normalized spacial score (nSPS) is 15.8. The summed E-state index contributed by atoms with van der Waals surface area (Å²) < 4.78 is 28.3. The molecule has 0 unspecified atom stereocenters. The third kappa shape index (κ3) is 6.61. The van der Waals surface area contributed by atoms with Crippen LogP contribution in [0.4, 0.5) is 11.5 Å². The third-order valence-electron chi connectivity index (χ3n) is 8.04. The molecule has 0 bridgehead atoms. The lowest BCUT2D eigenvalue weighted by Crippen LogP contribution is -2.49. The second kappa shape index (κ2) is 12.7. The van der Waals surface area contributed by atoms with Crippen LogP contribution < -0.4 is 5.32 Å². The van der Waals surface area contributed by atoms with E-state index in [9.17, 15) is 8.42 Å². The van der Waals surface area contributed by atoms with Crippen LogP contribution >= 0.6 is 0 Å². The molecule has 3 aromatic carbocycles. The Hall–Kier alpha value is -3.33. The molecule has 1 aliphatic rings. The van der Waals surface area contributed by atoms with Crippen LogP contribution in [0.2, 0.25) is 0 Å². The van der Waals surface area contributed by atoms with Crippen LogP contribution in [0.1, 0.15) is 69.4 Å². The summed E-state index contributed by atoms with van der Waals surface area (Å²) >= 11 is 0. The zero-order valence-electron chi connectivity index (χ0n) is 24.5. The summed E-state index contributed by atoms with van der Waals surface area (Å²) in [5.74, 6) is 1.98. The maximum atomic E-state index is 13.4. The van der Waals surface area contributed by atoms with E-state index in [1.807, 2.05) is 36.4 Å². The number of hydrogen-bond donors (Lipinski definition) is 1. The molecule has 0 amide bonds. The van der Waals surface area contributed by atoms with Gasteiger partial charge in [0.1, 0.15) is 11.6 Å². The Labute approximate surface area is 244 Å². The molecule has 4 aromatic rings. The van der Waals surface area contributed by atoms with E-state index in [0.29, 0.717) is 37.0 Å². The van der Waals surface area contributed by atoms with Crippen LogP contribution in [0, 0.1) is 0 Å². The summed E-state index contributed by atoms with van der Waals surface area (Å²) in [6, 6.07) is 23.9. The standard InChI is InChI=1S/C33H41N5O2S/c1-5-6-9-26-12-18-29(19-13-26)41(39,40)38-22-20-37(21-23-38)25(4)32-35-31-11-8-7-10-30(31)33(36-32)34-28-16-14-27(15-17-28)24(2)3/h7-8,10-19,24-25H,5-6,9,20-23H2,1-4H3,(H,34,35,36)/t25-/m0/s1. The lowest BCUT2D eigenvalue weighted by Gasteiger charge is -2.37. The first-order chi connectivity index (χ1) is 19.8. The van der Waals surface area contributed by atoms with Gasteiger partial charge < -0.3 is 5.32 Å². The van der Waals surface area contributed by atoms with Gasteiger partial charge in [-0.3, -0.25) is 4.90 Å². The molecule has 1 aliphatic heterocycles. The molecule has 1 atom stereocenters. The van der Waals surface area contributed by atoms with Crippen molar-refractivity contribution in [2.45, 2.75) is 63.8 Å². The van der Waals surface area contributed by atoms with Gasteiger partial charge in [0.2, 0.25) is 10.0 Å². The minimum atomic E-state index is -3.53. The smallest absolute Gasteiger partial charge is 0.243 e. The first-order valence-corrected chi connectivity index (χ1v) is 16.2. The molecular weight excluding hydrogens is 530 g/mol. The predicted octanol–water partition coefficient (Wildman–Crippen LogP) is 6.91. The summed E-state index contributed by atoms with van der Waals surface area (Å²) in [5.41, 5.74) is 4.34. The SMILES string of the molecule is CCCCc1ccc(S(=O)(=O)N2CCN([C@@H](C)c3nc(Nc4ccc(C(C)C)cc4)c4ccccc4n3)CC2)cc1. The summed E-state index contributed by atoms with van der Waals surface area (Å²) in [5, 5.41) is 4.48. The topological polar surface area (TPSA) is 78.4 Å². The van der Waals surface area contributed by atoms with Crippen LogP contribution in [0.5, 0.6) is 0 Å². The van der Waals surface area contributed by atoms with Crippen molar-refractivity contribution < 1.29 is 8.42 Å². The Morgan fingerprint density at radius 2 is 1.54 bits per heavy atom. The molecule has 1 saturated heterocycles. The highest BCUT2D eigenvalue weighted by atomic mass is 32.2. The van der Waals surface area contributed by atoms with Gasteiger partial charge in [-0.05, 0) is 73.2 Å². The maximum Gasteiger partial charge on any atom is 0.243 e. The molecule has 8 heteroatoms. The fraction of sp³-hybridized carbons (Fsp3) is 0.394. The number of hydrogen-bond acceptors (Lipinski definition) is 6. The molecule has 7 nitrogen and oxygen atoms in total. The minimum absolute atomic E-state index is 0.0637. The fourth-order valence-electron chi connectivity index (χ4n) is 5.32. The molecule has 0 radical (unpaired) electrons. The van der Waals surface area contributed by atoms with E-state index in [-0.39, 0.29) is 6.04 Å². The Kier molecular flexibility index (Phi) is 9.02. The van der Waals surface area contributed by atoms with Crippen molar-refractivity contribution in [2.75, 3.05) is 31.5 Å². The third-order valence-corrected chi connectivity index (χ3v) is 9.95. The summed E-state index contributed by atoms with van der Waals surface area (Å²) in [4.78, 5) is 12.5. The molecule has 1 fully saturated rings. The number of rotatable bonds is 10. The maximum absolute atomic E-state index is 13.4. The number of sulfonamides is 1. The van der Waals surface area contributed by atoms with E-state index in [1.54, 1.807) is 16.4 Å². The number of piperazine rings is 1. The van der Waals surface area contributed by atoms with Gasteiger partial charge in [-0.15, -0.1) is 0 Å². The quantitative estimate of drug-likeness (QED) is 0.223. The second-order valence-corrected chi connectivity index (χ2v) is 13.2. The Morgan fingerprint density at radius 3 is 2.20 bits per heavy atom. The van der Waals surface area contributed by atoms with Gasteiger partial charge in [0.25, 0.3) is 0 Å². The Balaban J connectivity index is 1.30. The molecule has 0 saturated carbocycles. The molecule has 1 aromatic heterocycles. The van der Waals surface area contributed by atoms with Crippen LogP contribution in [0.15, 0.2) is 77.7 Å². The molecule has 5 rings (SSSR count). The highest BCUT2D eigenvalue weighted by Crippen LogP contribution is 2.29. The lowest BCUT2D eigenvalue weighted by atomic mass is 10.0. The summed E-state index contributed by atoms with van der Waals surface area (Å²) in [6.45, 7) is 10.7. The van der Waals surface area contributed by atoms with Crippen LogP contribution in [0.25, 0.3) is 10.9 Å². The summed E-state index contributed by atoms with van der Waals surface area (Å²) in [7, 11) is -3.53. The highest BCUT2D eigenvalue weighted by Gasteiger charge is 2.31. The molecule has 0 aliphatic carbocycles. The van der Waals surface area contributed by atoms with Gasteiger partial charge in [0, 0.05) is 37.3 Å². The molecule has 216 valence electrons. The Bertz CT molecular complexity index is 1560.